The van der Waals surface area contributed by atoms with Gasteiger partial charge in [-0.05, 0) is 39.8 Å². The van der Waals surface area contributed by atoms with Crippen LogP contribution in [0, 0.1) is 5.82 Å². The molecule has 5 heteroatoms. The van der Waals surface area contributed by atoms with Crippen molar-refractivity contribution in [2.45, 2.75) is 39.3 Å². The molecule has 1 amide bonds. The third-order valence-electron chi connectivity index (χ3n) is 2.29. The van der Waals surface area contributed by atoms with Crippen LogP contribution < -0.4 is 10.1 Å². The lowest BCUT2D eigenvalue weighted by Crippen LogP contribution is -2.46. The van der Waals surface area contributed by atoms with Crippen molar-refractivity contribution in [2.75, 3.05) is 0 Å². The second-order valence-corrected chi connectivity index (χ2v) is 5.28. The predicted octanol–water partition coefficient (Wildman–Crippen LogP) is 2.32. The van der Waals surface area contributed by atoms with Gasteiger partial charge in [-0.15, -0.1) is 0 Å². The first kappa shape index (κ1) is 15.1. The highest BCUT2D eigenvalue weighted by Crippen LogP contribution is 2.22. The van der Waals surface area contributed by atoms with Crippen molar-refractivity contribution in [3.8, 4) is 5.75 Å². The molecular weight excluding hydrogens is 249 g/mol. The smallest absolute Gasteiger partial charge is 0.261 e. The van der Waals surface area contributed by atoms with Gasteiger partial charge in [-0.3, -0.25) is 9.59 Å². The standard InChI is InChI=1S/C14H18FNO3/c1-9(13(18)16-14(2,3)4)19-12-10(8-17)6-5-7-11(12)15/h5-9H,1-4H3,(H,16,18). The van der Waals surface area contributed by atoms with Crippen molar-refractivity contribution in [1.82, 2.24) is 5.32 Å². The number of benzene rings is 1. The van der Waals surface area contributed by atoms with Crippen molar-refractivity contribution < 1.29 is 18.7 Å². The number of hydrogen-bond acceptors (Lipinski definition) is 3. The molecule has 19 heavy (non-hydrogen) atoms. The fourth-order valence-corrected chi connectivity index (χ4v) is 1.44. The highest BCUT2D eigenvalue weighted by atomic mass is 19.1. The van der Waals surface area contributed by atoms with Gasteiger partial charge in [0.1, 0.15) is 0 Å². The van der Waals surface area contributed by atoms with Crippen LogP contribution in [0.5, 0.6) is 5.75 Å². The summed E-state index contributed by atoms with van der Waals surface area (Å²) < 4.78 is 18.8. The maximum Gasteiger partial charge on any atom is 0.261 e. The van der Waals surface area contributed by atoms with E-state index < -0.39 is 17.5 Å². The SMILES string of the molecule is CC(Oc1c(F)cccc1C=O)C(=O)NC(C)(C)C. The summed E-state index contributed by atoms with van der Waals surface area (Å²) in [4.78, 5) is 22.6. The fraction of sp³-hybridized carbons (Fsp3) is 0.429. The van der Waals surface area contributed by atoms with Crippen molar-refractivity contribution in [2.24, 2.45) is 0 Å². The molecule has 1 unspecified atom stereocenters. The maximum absolute atomic E-state index is 13.6. The Labute approximate surface area is 112 Å². The number of rotatable bonds is 4. The molecule has 104 valence electrons. The monoisotopic (exact) mass is 267 g/mol. The average molecular weight is 267 g/mol. The zero-order chi connectivity index (χ0) is 14.6. The molecule has 0 fully saturated rings. The third kappa shape index (κ3) is 4.35. The van der Waals surface area contributed by atoms with Crippen molar-refractivity contribution in [3.05, 3.63) is 29.6 Å². The van der Waals surface area contributed by atoms with Crippen LogP contribution >= 0.6 is 0 Å². The van der Waals surface area contributed by atoms with Gasteiger partial charge in [-0.1, -0.05) is 6.07 Å². The molecule has 1 aromatic carbocycles. The van der Waals surface area contributed by atoms with Gasteiger partial charge in [0.2, 0.25) is 0 Å². The van der Waals surface area contributed by atoms with Crippen molar-refractivity contribution in [3.63, 3.8) is 0 Å². The Morgan fingerprint density at radius 1 is 1.42 bits per heavy atom. The van der Waals surface area contributed by atoms with Crippen LogP contribution in [-0.4, -0.2) is 23.8 Å². The first-order valence-electron chi connectivity index (χ1n) is 5.97. The lowest BCUT2D eigenvalue weighted by molar-refractivity contribution is -0.128. The summed E-state index contributed by atoms with van der Waals surface area (Å²) in [5.41, 5.74) is -0.326. The van der Waals surface area contributed by atoms with E-state index in [0.717, 1.165) is 0 Å². The molecule has 1 rings (SSSR count). The van der Waals surface area contributed by atoms with Crippen molar-refractivity contribution in [1.29, 1.82) is 0 Å². The molecule has 0 radical (unpaired) electrons. The zero-order valence-electron chi connectivity index (χ0n) is 11.5. The highest BCUT2D eigenvalue weighted by Gasteiger charge is 2.22. The van der Waals surface area contributed by atoms with Gasteiger partial charge in [-0.2, -0.15) is 0 Å². The van der Waals surface area contributed by atoms with Gasteiger partial charge in [-0.25, -0.2) is 4.39 Å². The third-order valence-corrected chi connectivity index (χ3v) is 2.29. The second kappa shape index (κ2) is 5.82. The van der Waals surface area contributed by atoms with Crippen LogP contribution in [0.1, 0.15) is 38.1 Å². The number of ether oxygens (including phenoxy) is 1. The summed E-state index contributed by atoms with van der Waals surface area (Å²) in [5, 5.41) is 2.72. The molecule has 1 atom stereocenters. The summed E-state index contributed by atoms with van der Waals surface area (Å²) in [6.45, 7) is 6.99. The number of carbonyl (C=O) groups excluding carboxylic acids is 2. The Kier molecular flexibility index (Phi) is 4.64. The zero-order valence-corrected chi connectivity index (χ0v) is 11.5. The summed E-state index contributed by atoms with van der Waals surface area (Å²) in [6, 6.07) is 4.02. The van der Waals surface area contributed by atoms with E-state index in [-0.39, 0.29) is 17.2 Å². The number of aldehydes is 1. The molecule has 0 spiro atoms. The number of halogens is 1. The minimum Gasteiger partial charge on any atom is -0.477 e. The number of carbonyl (C=O) groups is 2. The molecule has 1 N–H and O–H groups in total. The Morgan fingerprint density at radius 3 is 2.58 bits per heavy atom. The average Bonchev–Trinajstić information content (AvgIpc) is 2.29. The largest absolute Gasteiger partial charge is 0.477 e. The maximum atomic E-state index is 13.6. The summed E-state index contributed by atoms with van der Waals surface area (Å²) in [5.74, 6) is -1.23. The van der Waals surface area contributed by atoms with E-state index in [1.54, 1.807) is 0 Å². The quantitative estimate of drug-likeness (QED) is 0.852. The van der Waals surface area contributed by atoms with Crippen LogP contribution in [0.2, 0.25) is 0 Å². The van der Waals surface area contributed by atoms with Crippen molar-refractivity contribution >= 4 is 12.2 Å². The molecule has 0 saturated carbocycles. The molecule has 0 saturated heterocycles. The lowest BCUT2D eigenvalue weighted by Gasteiger charge is -2.24. The highest BCUT2D eigenvalue weighted by molar-refractivity contribution is 5.83. The van der Waals surface area contributed by atoms with Gasteiger partial charge in [0, 0.05) is 5.54 Å². The Bertz CT molecular complexity index is 480. The van der Waals surface area contributed by atoms with E-state index in [4.69, 9.17) is 4.74 Å². The van der Waals surface area contributed by atoms with Crippen LogP contribution in [-0.2, 0) is 4.79 Å². The first-order valence-corrected chi connectivity index (χ1v) is 5.97. The van der Waals surface area contributed by atoms with Gasteiger partial charge in [0.25, 0.3) is 5.91 Å². The van der Waals surface area contributed by atoms with Crippen LogP contribution in [0.3, 0.4) is 0 Å². The van der Waals surface area contributed by atoms with Gasteiger partial charge in [0.15, 0.2) is 24.0 Å². The Balaban J connectivity index is 2.85. The fourth-order valence-electron chi connectivity index (χ4n) is 1.44. The molecule has 0 aromatic heterocycles. The molecular formula is C14H18FNO3. The second-order valence-electron chi connectivity index (χ2n) is 5.28. The normalized spacial score (nSPS) is 12.7. The van der Waals surface area contributed by atoms with Crippen LogP contribution in [0.15, 0.2) is 18.2 Å². The minimum atomic E-state index is -0.894. The lowest BCUT2D eigenvalue weighted by atomic mass is 10.1. The minimum absolute atomic E-state index is 0.0791. The number of para-hydroxylation sites is 1. The van der Waals surface area contributed by atoms with Gasteiger partial charge < -0.3 is 10.1 Å². The van der Waals surface area contributed by atoms with Crippen LogP contribution in [0.25, 0.3) is 0 Å². The Hall–Kier alpha value is -1.91. The van der Waals surface area contributed by atoms with E-state index in [2.05, 4.69) is 5.32 Å². The van der Waals surface area contributed by atoms with E-state index in [1.165, 1.54) is 25.1 Å². The molecule has 0 aliphatic heterocycles. The van der Waals surface area contributed by atoms with E-state index in [9.17, 15) is 14.0 Å². The number of hydrogen-bond donors (Lipinski definition) is 1. The van der Waals surface area contributed by atoms with Gasteiger partial charge >= 0.3 is 0 Å². The summed E-state index contributed by atoms with van der Waals surface area (Å²) in [7, 11) is 0. The molecule has 1 aromatic rings. The summed E-state index contributed by atoms with van der Waals surface area (Å²) in [6.07, 6.45) is -0.401. The molecule has 0 aliphatic rings. The number of nitrogens with one attached hydrogen (secondary N) is 1. The summed E-state index contributed by atoms with van der Waals surface area (Å²) >= 11 is 0. The first-order chi connectivity index (χ1) is 8.74. The molecule has 4 nitrogen and oxygen atoms in total. The predicted molar refractivity (Wildman–Crippen MR) is 69.8 cm³/mol. The van der Waals surface area contributed by atoms with E-state index in [0.29, 0.717) is 6.29 Å². The Morgan fingerprint density at radius 2 is 2.05 bits per heavy atom. The van der Waals surface area contributed by atoms with E-state index >= 15 is 0 Å². The molecule has 0 bridgehead atoms. The molecule has 0 heterocycles. The number of amides is 1. The topological polar surface area (TPSA) is 55.4 Å². The van der Waals surface area contributed by atoms with Crippen LogP contribution in [0.4, 0.5) is 4.39 Å². The molecule has 0 aliphatic carbocycles. The van der Waals surface area contributed by atoms with E-state index in [1.807, 2.05) is 20.8 Å². The van der Waals surface area contributed by atoms with Gasteiger partial charge in [0.05, 0.1) is 5.56 Å².